The zero-order chi connectivity index (χ0) is 22.8. The molecule has 2 amide bonds. The van der Waals surface area contributed by atoms with E-state index in [2.05, 4.69) is 10.6 Å². The number of hydrogen-bond donors (Lipinski definition) is 2. The summed E-state index contributed by atoms with van der Waals surface area (Å²) in [6, 6.07) is 24.0. The average molecular weight is 429 g/mol. The zero-order valence-electron chi connectivity index (χ0n) is 16.9. The third kappa shape index (κ3) is 6.43. The molecule has 0 radical (unpaired) electrons. The maximum absolute atomic E-state index is 12.2. The Balaban J connectivity index is 1.42. The molecule has 0 aliphatic heterocycles. The lowest BCUT2D eigenvalue weighted by molar-refractivity contribution is -0.146. The number of amides is 2. The van der Waals surface area contributed by atoms with Gasteiger partial charge in [0.1, 0.15) is 24.1 Å². The predicted octanol–water partition coefficient (Wildman–Crippen LogP) is 3.26. The van der Waals surface area contributed by atoms with Crippen molar-refractivity contribution in [2.24, 2.45) is 0 Å². The van der Waals surface area contributed by atoms with Crippen LogP contribution < -0.4 is 15.4 Å². The van der Waals surface area contributed by atoms with E-state index in [1.807, 2.05) is 36.4 Å². The maximum Gasteiger partial charge on any atom is 0.325 e. The Hall–Kier alpha value is -4.64. The van der Waals surface area contributed by atoms with E-state index in [4.69, 9.17) is 14.7 Å². The summed E-state index contributed by atoms with van der Waals surface area (Å²) in [5.41, 5.74) is 0.952. The van der Waals surface area contributed by atoms with E-state index < -0.39 is 30.9 Å². The molecule has 0 unspecified atom stereocenters. The van der Waals surface area contributed by atoms with E-state index in [1.54, 1.807) is 48.5 Å². The summed E-state index contributed by atoms with van der Waals surface area (Å²) in [4.78, 5) is 35.9. The highest BCUT2D eigenvalue weighted by Gasteiger charge is 2.12. The van der Waals surface area contributed by atoms with E-state index in [0.717, 1.165) is 0 Å². The van der Waals surface area contributed by atoms with Gasteiger partial charge in [-0.25, -0.2) is 0 Å². The topological polar surface area (TPSA) is 118 Å². The highest BCUT2D eigenvalue weighted by atomic mass is 16.5. The van der Waals surface area contributed by atoms with Crippen LogP contribution in [-0.2, 0) is 14.3 Å². The molecule has 0 aromatic heterocycles. The summed E-state index contributed by atoms with van der Waals surface area (Å²) in [5.74, 6) is -0.600. The Labute approximate surface area is 184 Å². The monoisotopic (exact) mass is 429 g/mol. The Morgan fingerprint density at radius 2 is 1.50 bits per heavy atom. The van der Waals surface area contributed by atoms with Crippen molar-refractivity contribution in [2.45, 2.75) is 0 Å². The standard InChI is InChI=1S/C24H19N3O5/c25-14-18-6-4-5-9-21(18)27-22(28)16-31-23(29)15-26-24(30)17-10-12-20(13-11-17)32-19-7-2-1-3-8-19/h1-13H,15-16H2,(H,26,30)(H,27,28). The summed E-state index contributed by atoms with van der Waals surface area (Å²) in [7, 11) is 0. The molecule has 32 heavy (non-hydrogen) atoms. The summed E-state index contributed by atoms with van der Waals surface area (Å²) in [6.07, 6.45) is 0. The van der Waals surface area contributed by atoms with Gasteiger partial charge in [0.2, 0.25) is 0 Å². The fourth-order valence-corrected chi connectivity index (χ4v) is 2.63. The molecule has 0 fully saturated rings. The molecule has 0 atom stereocenters. The van der Waals surface area contributed by atoms with Crippen LogP contribution in [0.3, 0.4) is 0 Å². The summed E-state index contributed by atoms with van der Waals surface area (Å²) < 4.78 is 10.5. The number of nitrogens with zero attached hydrogens (tertiary/aromatic N) is 1. The first-order chi connectivity index (χ1) is 15.5. The first-order valence-corrected chi connectivity index (χ1v) is 9.61. The minimum absolute atomic E-state index is 0.291. The molecule has 0 spiro atoms. The van der Waals surface area contributed by atoms with Crippen molar-refractivity contribution >= 4 is 23.5 Å². The molecule has 160 valence electrons. The van der Waals surface area contributed by atoms with Gasteiger partial charge in [-0.05, 0) is 48.5 Å². The van der Waals surface area contributed by atoms with Gasteiger partial charge in [-0.1, -0.05) is 30.3 Å². The lowest BCUT2D eigenvalue weighted by Gasteiger charge is -2.09. The number of ether oxygens (including phenoxy) is 2. The largest absolute Gasteiger partial charge is 0.457 e. The summed E-state index contributed by atoms with van der Waals surface area (Å²) >= 11 is 0. The molecule has 0 heterocycles. The molecule has 2 N–H and O–H groups in total. The molecule has 0 bridgehead atoms. The maximum atomic E-state index is 12.2. The van der Waals surface area contributed by atoms with Gasteiger partial charge in [0.05, 0.1) is 11.3 Å². The van der Waals surface area contributed by atoms with Gasteiger partial charge < -0.3 is 20.1 Å². The van der Waals surface area contributed by atoms with Crippen molar-refractivity contribution in [1.29, 1.82) is 5.26 Å². The molecule has 0 aliphatic carbocycles. The number of benzene rings is 3. The second kappa shape index (κ2) is 10.9. The highest BCUT2D eigenvalue weighted by Crippen LogP contribution is 2.21. The third-order valence-electron chi connectivity index (χ3n) is 4.17. The number of rotatable bonds is 8. The van der Waals surface area contributed by atoms with Crippen LogP contribution in [0, 0.1) is 11.3 Å². The van der Waals surface area contributed by atoms with Crippen molar-refractivity contribution in [2.75, 3.05) is 18.5 Å². The van der Waals surface area contributed by atoms with Gasteiger partial charge >= 0.3 is 5.97 Å². The van der Waals surface area contributed by atoms with E-state index in [9.17, 15) is 14.4 Å². The van der Waals surface area contributed by atoms with Gasteiger partial charge in [-0.3, -0.25) is 14.4 Å². The second-order valence-corrected chi connectivity index (χ2v) is 6.49. The van der Waals surface area contributed by atoms with Gasteiger partial charge in [0, 0.05) is 5.56 Å². The van der Waals surface area contributed by atoms with Crippen molar-refractivity contribution in [1.82, 2.24) is 5.32 Å². The van der Waals surface area contributed by atoms with Crippen LogP contribution in [0.15, 0.2) is 78.9 Å². The number of esters is 1. The van der Waals surface area contributed by atoms with E-state index in [-0.39, 0.29) is 0 Å². The van der Waals surface area contributed by atoms with Gasteiger partial charge in [0.15, 0.2) is 6.61 Å². The molecule has 3 aromatic rings. The SMILES string of the molecule is N#Cc1ccccc1NC(=O)COC(=O)CNC(=O)c1ccc(Oc2ccccc2)cc1. The fourth-order valence-electron chi connectivity index (χ4n) is 2.63. The van der Waals surface area contributed by atoms with Crippen LogP contribution in [0.2, 0.25) is 0 Å². The molecular formula is C24H19N3O5. The smallest absolute Gasteiger partial charge is 0.325 e. The van der Waals surface area contributed by atoms with Crippen LogP contribution in [0.25, 0.3) is 0 Å². The Bertz CT molecular complexity index is 1140. The summed E-state index contributed by atoms with van der Waals surface area (Å²) in [5, 5.41) is 13.9. The normalized spacial score (nSPS) is 9.84. The Kier molecular flexibility index (Phi) is 7.54. The third-order valence-corrected chi connectivity index (χ3v) is 4.17. The van der Waals surface area contributed by atoms with Crippen molar-refractivity contribution < 1.29 is 23.9 Å². The molecule has 0 saturated heterocycles. The predicted molar refractivity (Wildman–Crippen MR) is 116 cm³/mol. The number of carbonyl (C=O) groups is 3. The van der Waals surface area contributed by atoms with Gasteiger partial charge in [-0.15, -0.1) is 0 Å². The lowest BCUT2D eigenvalue weighted by atomic mass is 10.2. The van der Waals surface area contributed by atoms with Crippen LogP contribution in [-0.4, -0.2) is 30.9 Å². The van der Waals surface area contributed by atoms with Gasteiger partial charge in [0.25, 0.3) is 11.8 Å². The highest BCUT2D eigenvalue weighted by molar-refractivity contribution is 5.97. The molecule has 8 heteroatoms. The first-order valence-electron chi connectivity index (χ1n) is 9.61. The van der Waals surface area contributed by atoms with Crippen LogP contribution in [0.4, 0.5) is 5.69 Å². The lowest BCUT2D eigenvalue weighted by Crippen LogP contribution is -2.32. The van der Waals surface area contributed by atoms with Crippen LogP contribution >= 0.6 is 0 Å². The second-order valence-electron chi connectivity index (χ2n) is 6.49. The molecule has 8 nitrogen and oxygen atoms in total. The number of nitrogens with one attached hydrogen (secondary N) is 2. The average Bonchev–Trinajstić information content (AvgIpc) is 2.82. The molecular weight excluding hydrogens is 410 g/mol. The van der Waals surface area contributed by atoms with E-state index in [1.165, 1.54) is 0 Å². The Morgan fingerprint density at radius 1 is 0.844 bits per heavy atom. The number of carbonyl (C=O) groups excluding carboxylic acids is 3. The molecule has 0 aliphatic rings. The van der Waals surface area contributed by atoms with Crippen LogP contribution in [0.5, 0.6) is 11.5 Å². The van der Waals surface area contributed by atoms with E-state index in [0.29, 0.717) is 28.3 Å². The van der Waals surface area contributed by atoms with Crippen LogP contribution in [0.1, 0.15) is 15.9 Å². The minimum Gasteiger partial charge on any atom is -0.457 e. The molecule has 3 rings (SSSR count). The molecule has 0 saturated carbocycles. The number of nitriles is 1. The minimum atomic E-state index is -0.772. The number of hydrogen-bond acceptors (Lipinski definition) is 6. The number of para-hydroxylation sites is 2. The van der Waals surface area contributed by atoms with Crippen molar-refractivity contribution in [3.8, 4) is 17.6 Å². The quantitative estimate of drug-likeness (QED) is 0.531. The molecule has 3 aromatic carbocycles. The van der Waals surface area contributed by atoms with Crippen molar-refractivity contribution in [3.63, 3.8) is 0 Å². The van der Waals surface area contributed by atoms with E-state index >= 15 is 0 Å². The Morgan fingerprint density at radius 3 is 2.22 bits per heavy atom. The number of anilines is 1. The fraction of sp³-hybridized carbons (Fsp3) is 0.0833. The first kappa shape index (κ1) is 22.1. The summed E-state index contributed by atoms with van der Waals surface area (Å²) in [6.45, 7) is -0.941. The van der Waals surface area contributed by atoms with Crippen molar-refractivity contribution in [3.05, 3.63) is 90.0 Å². The zero-order valence-corrected chi connectivity index (χ0v) is 16.9. The van der Waals surface area contributed by atoms with Gasteiger partial charge in [-0.2, -0.15) is 5.26 Å².